The largest absolute Gasteiger partial charge is 0.388 e. The lowest BCUT2D eigenvalue weighted by molar-refractivity contribution is -0.117. The van der Waals surface area contributed by atoms with E-state index in [1.165, 1.54) is 0 Å². The third-order valence-corrected chi connectivity index (χ3v) is 1.22. The van der Waals surface area contributed by atoms with E-state index in [1.54, 1.807) is 6.92 Å². The molecule has 0 saturated heterocycles. The van der Waals surface area contributed by atoms with Crippen LogP contribution in [0, 0.1) is 5.41 Å². The van der Waals surface area contributed by atoms with Gasteiger partial charge in [-0.15, -0.1) is 0 Å². The highest BCUT2D eigenvalue weighted by molar-refractivity contribution is 5.77. The summed E-state index contributed by atoms with van der Waals surface area (Å²) < 4.78 is 0. The summed E-state index contributed by atoms with van der Waals surface area (Å²) in [6.07, 6.45) is 2.95. The van der Waals surface area contributed by atoms with Gasteiger partial charge in [0.2, 0.25) is 0 Å². The number of ketones is 1. The van der Waals surface area contributed by atoms with Crippen molar-refractivity contribution >= 4 is 11.6 Å². The first-order chi connectivity index (χ1) is 4.63. The fourth-order valence-corrected chi connectivity index (χ4v) is 0.689. The number of nitrogens with one attached hydrogen (secondary N) is 1. The molecular weight excluding hydrogens is 128 g/mol. The summed E-state index contributed by atoms with van der Waals surface area (Å²) in [4.78, 5) is 10.4. The molecule has 0 aromatic heterocycles. The summed E-state index contributed by atoms with van der Waals surface area (Å²) >= 11 is 0. The number of carbonyl (C=O) groups excluding carboxylic acids is 1. The van der Waals surface area contributed by atoms with Gasteiger partial charge in [-0.1, -0.05) is 0 Å². The summed E-state index contributed by atoms with van der Waals surface area (Å²) in [5.41, 5.74) is 5.11. The maximum atomic E-state index is 10.4. The number of amidine groups is 1. The van der Waals surface area contributed by atoms with E-state index in [9.17, 15) is 4.79 Å². The second-order valence-electron chi connectivity index (χ2n) is 2.43. The Morgan fingerprint density at radius 3 is 2.30 bits per heavy atom. The first-order valence-electron chi connectivity index (χ1n) is 3.45. The van der Waals surface area contributed by atoms with E-state index < -0.39 is 0 Å². The lowest BCUT2D eigenvalue weighted by atomic mass is 10.1. The Labute approximate surface area is 61.1 Å². The SMILES string of the molecule is CC(=O)CCCCC(=N)N. The molecule has 58 valence electrons. The third-order valence-electron chi connectivity index (χ3n) is 1.22. The number of unbranched alkanes of at least 4 members (excludes halogenated alkanes) is 1. The maximum Gasteiger partial charge on any atom is 0.129 e. The van der Waals surface area contributed by atoms with E-state index in [0.717, 1.165) is 12.8 Å². The maximum absolute atomic E-state index is 10.4. The standard InChI is InChI=1S/C7H14N2O/c1-6(10)4-2-3-5-7(8)9/h2-5H2,1H3,(H3,8,9). The summed E-state index contributed by atoms with van der Waals surface area (Å²) in [5, 5.41) is 6.87. The van der Waals surface area contributed by atoms with Crippen LogP contribution in [-0.2, 0) is 4.79 Å². The van der Waals surface area contributed by atoms with Crippen LogP contribution in [0.2, 0.25) is 0 Å². The second-order valence-corrected chi connectivity index (χ2v) is 2.43. The van der Waals surface area contributed by atoms with Crippen LogP contribution in [0.4, 0.5) is 0 Å². The fraction of sp³-hybridized carbons (Fsp3) is 0.714. The van der Waals surface area contributed by atoms with Gasteiger partial charge in [-0.3, -0.25) is 5.41 Å². The second kappa shape index (κ2) is 4.97. The zero-order valence-electron chi connectivity index (χ0n) is 6.31. The Hall–Kier alpha value is -0.860. The van der Waals surface area contributed by atoms with Crippen LogP contribution < -0.4 is 5.73 Å². The molecular formula is C7H14N2O. The van der Waals surface area contributed by atoms with Gasteiger partial charge >= 0.3 is 0 Å². The minimum absolute atomic E-state index is 0.212. The molecule has 0 unspecified atom stereocenters. The van der Waals surface area contributed by atoms with Crippen LogP contribution in [0.5, 0.6) is 0 Å². The van der Waals surface area contributed by atoms with Crippen LogP contribution in [0.1, 0.15) is 32.6 Å². The van der Waals surface area contributed by atoms with Crippen molar-refractivity contribution in [1.82, 2.24) is 0 Å². The number of hydrogen-bond donors (Lipinski definition) is 2. The summed E-state index contributed by atoms with van der Waals surface area (Å²) in [6.45, 7) is 1.58. The van der Waals surface area contributed by atoms with E-state index in [1.807, 2.05) is 0 Å². The molecule has 3 heteroatoms. The van der Waals surface area contributed by atoms with Gasteiger partial charge in [0.1, 0.15) is 5.78 Å². The average Bonchev–Trinajstić information content (AvgIpc) is 1.79. The summed E-state index contributed by atoms with van der Waals surface area (Å²) in [5.74, 6) is 0.423. The monoisotopic (exact) mass is 142 g/mol. The molecule has 0 aliphatic carbocycles. The summed E-state index contributed by atoms with van der Waals surface area (Å²) in [7, 11) is 0. The quantitative estimate of drug-likeness (QED) is 0.342. The normalized spacial score (nSPS) is 9.30. The minimum atomic E-state index is 0.212. The predicted octanol–water partition coefficient (Wildman–Crippen LogP) is 1.07. The van der Waals surface area contributed by atoms with Gasteiger partial charge in [-0.25, -0.2) is 0 Å². The molecule has 10 heavy (non-hydrogen) atoms. The van der Waals surface area contributed by atoms with Crippen LogP contribution in [0.25, 0.3) is 0 Å². The van der Waals surface area contributed by atoms with E-state index in [-0.39, 0.29) is 11.6 Å². The first-order valence-corrected chi connectivity index (χ1v) is 3.45. The van der Waals surface area contributed by atoms with E-state index in [2.05, 4.69) is 0 Å². The van der Waals surface area contributed by atoms with Crippen LogP contribution in [-0.4, -0.2) is 11.6 Å². The molecule has 0 rings (SSSR count). The lowest BCUT2D eigenvalue weighted by Crippen LogP contribution is -2.08. The predicted molar refractivity (Wildman–Crippen MR) is 41.1 cm³/mol. The van der Waals surface area contributed by atoms with Gasteiger partial charge in [-0.05, 0) is 19.8 Å². The number of nitrogens with two attached hydrogens (primary N) is 1. The molecule has 3 nitrogen and oxygen atoms in total. The van der Waals surface area contributed by atoms with Crippen molar-refractivity contribution in [2.45, 2.75) is 32.6 Å². The molecule has 0 aromatic rings. The van der Waals surface area contributed by atoms with E-state index >= 15 is 0 Å². The van der Waals surface area contributed by atoms with E-state index in [0.29, 0.717) is 12.8 Å². The molecule has 0 heterocycles. The first kappa shape index (κ1) is 9.14. The van der Waals surface area contributed by atoms with E-state index in [4.69, 9.17) is 11.1 Å². The molecule has 0 atom stereocenters. The Kier molecular flexibility index (Phi) is 4.54. The zero-order valence-corrected chi connectivity index (χ0v) is 6.31. The molecule has 3 N–H and O–H groups in total. The van der Waals surface area contributed by atoms with Gasteiger partial charge < -0.3 is 10.5 Å². The topological polar surface area (TPSA) is 66.9 Å². The van der Waals surface area contributed by atoms with Crippen molar-refractivity contribution in [2.24, 2.45) is 5.73 Å². The third kappa shape index (κ3) is 7.14. The number of Topliss-reactive ketones (excluding diaryl/α,β-unsaturated/α-hetero) is 1. The van der Waals surface area contributed by atoms with Gasteiger partial charge in [0, 0.05) is 12.8 Å². The molecule has 0 amide bonds. The number of carbonyl (C=O) groups is 1. The van der Waals surface area contributed by atoms with Crippen molar-refractivity contribution in [3.63, 3.8) is 0 Å². The lowest BCUT2D eigenvalue weighted by Gasteiger charge is -1.95. The minimum Gasteiger partial charge on any atom is -0.388 e. The molecule has 0 spiro atoms. The van der Waals surface area contributed by atoms with Crippen molar-refractivity contribution in [3.05, 3.63) is 0 Å². The van der Waals surface area contributed by atoms with Gasteiger partial charge in [-0.2, -0.15) is 0 Å². The molecule has 0 fully saturated rings. The average molecular weight is 142 g/mol. The number of hydrogen-bond acceptors (Lipinski definition) is 2. The van der Waals surface area contributed by atoms with Crippen molar-refractivity contribution in [3.8, 4) is 0 Å². The van der Waals surface area contributed by atoms with Crippen LogP contribution in [0.3, 0.4) is 0 Å². The van der Waals surface area contributed by atoms with Crippen molar-refractivity contribution in [2.75, 3.05) is 0 Å². The molecule has 0 bridgehead atoms. The van der Waals surface area contributed by atoms with Crippen LogP contribution in [0.15, 0.2) is 0 Å². The Morgan fingerprint density at radius 1 is 1.40 bits per heavy atom. The van der Waals surface area contributed by atoms with Crippen molar-refractivity contribution < 1.29 is 4.79 Å². The zero-order chi connectivity index (χ0) is 7.98. The highest BCUT2D eigenvalue weighted by Crippen LogP contribution is 1.98. The van der Waals surface area contributed by atoms with Crippen LogP contribution >= 0.6 is 0 Å². The van der Waals surface area contributed by atoms with Gasteiger partial charge in [0.05, 0.1) is 5.84 Å². The fourth-order valence-electron chi connectivity index (χ4n) is 0.689. The Balaban J connectivity index is 3.06. The highest BCUT2D eigenvalue weighted by atomic mass is 16.1. The highest BCUT2D eigenvalue weighted by Gasteiger charge is 1.93. The Morgan fingerprint density at radius 2 is 1.90 bits per heavy atom. The number of rotatable bonds is 5. The van der Waals surface area contributed by atoms with Crippen molar-refractivity contribution in [1.29, 1.82) is 5.41 Å². The molecule has 0 saturated carbocycles. The molecule has 0 aliphatic rings. The summed E-state index contributed by atoms with van der Waals surface area (Å²) in [6, 6.07) is 0. The molecule has 0 aliphatic heterocycles. The Bertz CT molecular complexity index is 116. The van der Waals surface area contributed by atoms with Gasteiger partial charge in [0.25, 0.3) is 0 Å². The van der Waals surface area contributed by atoms with Gasteiger partial charge in [0.15, 0.2) is 0 Å². The smallest absolute Gasteiger partial charge is 0.129 e. The molecule has 0 radical (unpaired) electrons. The molecule has 0 aromatic carbocycles.